The molecule has 14 heavy (non-hydrogen) atoms. The number of alkyl halides is 3. The summed E-state index contributed by atoms with van der Waals surface area (Å²) in [6, 6.07) is 6.30. The number of rotatable bonds is 3. The number of halogens is 3. The Hall–Kier alpha value is -1.23. The van der Waals surface area contributed by atoms with E-state index in [1.807, 2.05) is 0 Å². The van der Waals surface area contributed by atoms with Gasteiger partial charge in [0.1, 0.15) is 18.4 Å². The van der Waals surface area contributed by atoms with Gasteiger partial charge in [0.2, 0.25) is 0 Å². The van der Waals surface area contributed by atoms with Gasteiger partial charge in [-0.05, 0) is 12.1 Å². The van der Waals surface area contributed by atoms with Gasteiger partial charge in [0.25, 0.3) is 0 Å². The van der Waals surface area contributed by atoms with Crippen molar-refractivity contribution in [2.45, 2.75) is 12.2 Å². The largest absolute Gasteiger partial charge is 0.492 e. The fourth-order valence-electron chi connectivity index (χ4n) is 0.797. The number of para-hydroxylation sites is 1. The third kappa shape index (κ3) is 3.26. The van der Waals surface area contributed by atoms with Crippen molar-refractivity contribution in [2.24, 2.45) is 5.73 Å². The topological polar surface area (TPSA) is 35.2 Å². The third-order valence-corrected chi connectivity index (χ3v) is 1.59. The normalized spacial score (nSPS) is 13.7. The molecule has 2 N–H and O–H groups in total. The molecule has 1 atom stereocenters. The highest BCUT2D eigenvalue weighted by atomic mass is 19.4. The van der Waals surface area contributed by atoms with Crippen LogP contribution in [0.1, 0.15) is 0 Å². The van der Waals surface area contributed by atoms with Crippen molar-refractivity contribution >= 4 is 0 Å². The van der Waals surface area contributed by atoms with E-state index >= 15 is 0 Å². The molecule has 0 radical (unpaired) electrons. The van der Waals surface area contributed by atoms with E-state index in [4.69, 9.17) is 10.5 Å². The molecular weight excluding hydrogens is 195 g/mol. The SMILES string of the molecule is NC(COc1ccccc1)C(F)(F)F. The quantitative estimate of drug-likeness (QED) is 0.818. The summed E-state index contributed by atoms with van der Waals surface area (Å²) in [5, 5.41) is 0. The Bertz CT molecular complexity index is 273. The first kappa shape index (κ1) is 10.8. The van der Waals surface area contributed by atoms with E-state index in [2.05, 4.69) is 0 Å². The lowest BCUT2D eigenvalue weighted by atomic mass is 10.3. The van der Waals surface area contributed by atoms with Gasteiger partial charge < -0.3 is 10.5 Å². The monoisotopic (exact) mass is 205 g/mol. The van der Waals surface area contributed by atoms with Crippen molar-refractivity contribution in [2.75, 3.05) is 6.61 Å². The summed E-state index contributed by atoms with van der Waals surface area (Å²) < 4.78 is 40.7. The molecule has 1 rings (SSSR count). The van der Waals surface area contributed by atoms with Gasteiger partial charge in [0, 0.05) is 0 Å². The van der Waals surface area contributed by atoms with Crippen molar-refractivity contribution in [3.8, 4) is 5.75 Å². The molecule has 0 aliphatic heterocycles. The minimum atomic E-state index is -4.41. The standard InChI is InChI=1S/C9H10F3NO/c10-9(11,12)8(13)6-14-7-4-2-1-3-5-7/h1-5,8H,6,13H2. The molecule has 0 aromatic heterocycles. The number of ether oxygens (including phenoxy) is 1. The van der Waals surface area contributed by atoms with Crippen LogP contribution in [0.3, 0.4) is 0 Å². The van der Waals surface area contributed by atoms with Crippen LogP contribution in [0.4, 0.5) is 13.2 Å². The molecule has 1 aromatic carbocycles. The first-order chi connectivity index (χ1) is 6.50. The Morgan fingerprint density at radius 2 is 1.79 bits per heavy atom. The Labute approximate surface area is 79.5 Å². The zero-order valence-corrected chi connectivity index (χ0v) is 7.29. The van der Waals surface area contributed by atoms with Gasteiger partial charge >= 0.3 is 6.18 Å². The number of hydrogen-bond donors (Lipinski definition) is 1. The molecule has 0 aliphatic rings. The van der Waals surface area contributed by atoms with Crippen molar-refractivity contribution in [3.63, 3.8) is 0 Å². The van der Waals surface area contributed by atoms with E-state index in [1.165, 1.54) is 0 Å². The molecule has 0 amide bonds. The molecule has 0 bridgehead atoms. The zero-order chi connectivity index (χ0) is 10.6. The molecule has 0 saturated carbocycles. The zero-order valence-electron chi connectivity index (χ0n) is 7.29. The average molecular weight is 205 g/mol. The maximum Gasteiger partial charge on any atom is 0.406 e. The van der Waals surface area contributed by atoms with E-state index in [1.54, 1.807) is 30.3 Å². The molecule has 0 spiro atoms. The molecule has 0 saturated heterocycles. The van der Waals surface area contributed by atoms with Crippen LogP contribution in [0.25, 0.3) is 0 Å². The van der Waals surface area contributed by atoms with E-state index < -0.39 is 18.8 Å². The van der Waals surface area contributed by atoms with E-state index in [-0.39, 0.29) is 0 Å². The highest BCUT2D eigenvalue weighted by Crippen LogP contribution is 2.19. The summed E-state index contributed by atoms with van der Waals surface area (Å²) in [7, 11) is 0. The van der Waals surface area contributed by atoms with Gasteiger partial charge in [-0.15, -0.1) is 0 Å². The highest BCUT2D eigenvalue weighted by Gasteiger charge is 2.37. The third-order valence-electron chi connectivity index (χ3n) is 1.59. The van der Waals surface area contributed by atoms with Gasteiger partial charge in [0.15, 0.2) is 0 Å². The van der Waals surface area contributed by atoms with Crippen molar-refractivity contribution in [1.82, 2.24) is 0 Å². The number of hydrogen-bond acceptors (Lipinski definition) is 2. The van der Waals surface area contributed by atoms with Crippen LogP contribution in [0, 0.1) is 0 Å². The predicted molar refractivity (Wildman–Crippen MR) is 46.0 cm³/mol. The molecule has 1 unspecified atom stereocenters. The number of benzene rings is 1. The van der Waals surface area contributed by atoms with Crippen molar-refractivity contribution in [1.29, 1.82) is 0 Å². The lowest BCUT2D eigenvalue weighted by Crippen LogP contribution is -2.42. The molecule has 1 aromatic rings. The summed E-state index contributed by atoms with van der Waals surface area (Å²) in [5.41, 5.74) is 4.85. The summed E-state index contributed by atoms with van der Waals surface area (Å²) in [6.45, 7) is -0.562. The minimum absolute atomic E-state index is 0.382. The van der Waals surface area contributed by atoms with Crippen molar-refractivity contribution in [3.05, 3.63) is 30.3 Å². The molecule has 0 aliphatic carbocycles. The Morgan fingerprint density at radius 3 is 2.29 bits per heavy atom. The van der Waals surface area contributed by atoms with Crippen LogP contribution in [0.15, 0.2) is 30.3 Å². The lowest BCUT2D eigenvalue weighted by Gasteiger charge is -2.15. The van der Waals surface area contributed by atoms with Gasteiger partial charge in [0.05, 0.1) is 0 Å². The summed E-state index contributed by atoms with van der Waals surface area (Å²) in [6.07, 6.45) is -4.41. The fraction of sp³-hybridized carbons (Fsp3) is 0.333. The molecule has 2 nitrogen and oxygen atoms in total. The maximum absolute atomic E-state index is 11.9. The van der Waals surface area contributed by atoms with E-state index in [0.717, 1.165) is 0 Å². The maximum atomic E-state index is 11.9. The van der Waals surface area contributed by atoms with Crippen LogP contribution >= 0.6 is 0 Å². The van der Waals surface area contributed by atoms with E-state index in [0.29, 0.717) is 5.75 Å². The van der Waals surface area contributed by atoms with Crippen LogP contribution in [-0.4, -0.2) is 18.8 Å². The average Bonchev–Trinajstić information content (AvgIpc) is 2.14. The Morgan fingerprint density at radius 1 is 1.21 bits per heavy atom. The van der Waals surface area contributed by atoms with Crippen LogP contribution < -0.4 is 10.5 Å². The highest BCUT2D eigenvalue weighted by molar-refractivity contribution is 5.20. The second-order valence-corrected chi connectivity index (χ2v) is 2.77. The summed E-state index contributed by atoms with van der Waals surface area (Å²) >= 11 is 0. The Kier molecular flexibility index (Phi) is 3.35. The number of nitrogens with two attached hydrogens (primary N) is 1. The second-order valence-electron chi connectivity index (χ2n) is 2.77. The lowest BCUT2D eigenvalue weighted by molar-refractivity contribution is -0.153. The van der Waals surface area contributed by atoms with Gasteiger partial charge in [-0.1, -0.05) is 18.2 Å². The first-order valence-corrected chi connectivity index (χ1v) is 4.00. The van der Waals surface area contributed by atoms with E-state index in [9.17, 15) is 13.2 Å². The van der Waals surface area contributed by atoms with Gasteiger partial charge in [-0.25, -0.2) is 0 Å². The summed E-state index contributed by atoms with van der Waals surface area (Å²) in [5.74, 6) is 0.382. The van der Waals surface area contributed by atoms with Crippen LogP contribution in [0.2, 0.25) is 0 Å². The molecular formula is C9H10F3NO. The van der Waals surface area contributed by atoms with Gasteiger partial charge in [-0.2, -0.15) is 13.2 Å². The molecule has 5 heteroatoms. The molecule has 0 fully saturated rings. The van der Waals surface area contributed by atoms with Crippen LogP contribution in [0.5, 0.6) is 5.75 Å². The second kappa shape index (κ2) is 4.32. The van der Waals surface area contributed by atoms with Gasteiger partial charge in [-0.3, -0.25) is 0 Å². The first-order valence-electron chi connectivity index (χ1n) is 4.00. The molecule has 0 heterocycles. The predicted octanol–water partition coefficient (Wildman–Crippen LogP) is 1.96. The van der Waals surface area contributed by atoms with Crippen LogP contribution in [-0.2, 0) is 0 Å². The van der Waals surface area contributed by atoms with Crippen molar-refractivity contribution < 1.29 is 17.9 Å². The smallest absolute Gasteiger partial charge is 0.406 e. The summed E-state index contributed by atoms with van der Waals surface area (Å²) in [4.78, 5) is 0. The fourth-order valence-corrected chi connectivity index (χ4v) is 0.797. The Balaban J connectivity index is 2.42. The molecule has 78 valence electrons. The minimum Gasteiger partial charge on any atom is -0.492 e.